The Morgan fingerprint density at radius 2 is 0.944 bits per heavy atom. The maximum Gasteiger partial charge on any atom is 1.00 e. The van der Waals surface area contributed by atoms with Crippen LogP contribution in [0.3, 0.4) is 0 Å². The normalized spacial score (nSPS) is 30.8. The number of aromatic amines is 3. The summed E-state index contributed by atoms with van der Waals surface area (Å²) in [5.74, 6) is 1.13. The zero-order valence-electron chi connectivity index (χ0n) is 42.0. The second-order valence-corrected chi connectivity index (χ2v) is 19.5. The van der Waals surface area contributed by atoms with Crippen molar-refractivity contribution in [1.29, 1.82) is 1.12 Å². The first-order chi connectivity index (χ1) is 30.9. The third-order valence-electron chi connectivity index (χ3n) is 12.0. The number of aromatic nitrogens is 6. The molecule has 9 unspecified atom stereocenters. The molecule has 0 bridgehead atoms. The van der Waals surface area contributed by atoms with Crippen LogP contribution in [0.1, 0.15) is 69.3 Å². The van der Waals surface area contributed by atoms with Crippen molar-refractivity contribution in [3.05, 3.63) is 117 Å². The molecule has 27 nitrogen and oxygen atoms in total. The van der Waals surface area contributed by atoms with Crippen LogP contribution in [0, 0.1) is 24.7 Å². The summed E-state index contributed by atoms with van der Waals surface area (Å²) in [5, 5.41) is 40.3. The van der Waals surface area contributed by atoms with Crippen molar-refractivity contribution in [1.82, 2.24) is 28.7 Å². The molecular weight excluding hydrogens is 1550 g/mol. The Morgan fingerprint density at radius 3 is 1.24 bits per heavy atom. The molecule has 0 aliphatic carbocycles. The average Bonchev–Trinajstić information content (AvgIpc) is 3.62. The van der Waals surface area contributed by atoms with Gasteiger partial charge in [-0.2, -0.15) is 34.2 Å². The van der Waals surface area contributed by atoms with Crippen molar-refractivity contribution < 1.29 is 188 Å². The van der Waals surface area contributed by atoms with E-state index >= 15 is 0 Å². The number of rotatable bonds is 10. The third kappa shape index (κ3) is 15.8. The SMILES string of the molecule is C[C-]1C(O)C(C)(CO)OC1(C)n1ccc(=O)[nH]c1=O.C[C-]1C(O)C(C)(COP(=O)(O)O)OC1(C)n1ccc(=O)[nH]c1=O.Cc1cn(C2(C)OC(C)(COP(=O)(O)O)C(O)[C-]2C)c(=O)[nH]c1=O.[3H-].[3H]S.[K+].[W].[W].[W]. The summed E-state index contributed by atoms with van der Waals surface area (Å²) in [4.78, 5) is 111. The monoisotopic (exact) mass is 1610 g/mol. The first-order valence-corrected chi connectivity index (χ1v) is 22.7. The fourth-order valence-electron chi connectivity index (χ4n) is 7.77. The Bertz CT molecular complexity index is 2770. The predicted molar refractivity (Wildman–Crippen MR) is 237 cm³/mol. The Labute approximate surface area is 499 Å². The molecule has 3 aromatic heterocycles. The van der Waals surface area contributed by atoms with Crippen LogP contribution in [0.25, 0.3) is 0 Å². The molecule has 71 heavy (non-hydrogen) atoms. The van der Waals surface area contributed by atoms with E-state index < -0.39 is 115 Å². The number of hydrogen-bond donors (Lipinski definition) is 11. The van der Waals surface area contributed by atoms with Gasteiger partial charge >= 0.3 is 84.1 Å². The molecule has 6 heterocycles. The van der Waals surface area contributed by atoms with Gasteiger partial charge in [0, 0.05) is 117 Å². The van der Waals surface area contributed by atoms with Crippen molar-refractivity contribution in [3.8, 4) is 0 Å². The van der Waals surface area contributed by atoms with Gasteiger partial charge in [0.1, 0.15) is 0 Å². The van der Waals surface area contributed by atoms with Crippen LogP contribution in [0.15, 0.2) is 59.5 Å². The van der Waals surface area contributed by atoms with Gasteiger partial charge in [0.25, 0.3) is 16.7 Å². The summed E-state index contributed by atoms with van der Waals surface area (Å²) >= 11 is 2.78. The maximum atomic E-state index is 12.1. The van der Waals surface area contributed by atoms with Gasteiger partial charge in [0.2, 0.25) is 0 Å². The number of ether oxygens (including phenoxy) is 3. The van der Waals surface area contributed by atoms with Crippen molar-refractivity contribution in [2.75, 3.05) is 19.8 Å². The Morgan fingerprint density at radius 1 is 0.648 bits per heavy atom. The number of aryl methyl sites for hydroxylation is 1. The van der Waals surface area contributed by atoms with E-state index in [1.807, 2.05) is 0 Å². The van der Waals surface area contributed by atoms with Crippen LogP contribution in [-0.2, 0) is 113 Å². The fraction of sp³-hybridized carbons (Fsp3) is 0.595. The average molecular weight is 1610 g/mol. The number of nitrogens with zero attached hydrogens (tertiary/aromatic N) is 3. The standard InChI is InChI=1S/C13H20N2O8P.C12H18N2O8P.C12H17N2O5.K.H2S.3W.H/c1-7-5-15(11(18)14-10(7)17)13(4)8(2)9(16)12(3,23-13)6-22-24(19,20)21;1-7-9(16)11(2,6-21-23(18,19)20)22-12(7,3)14-5-4-8(15)13-10(14)17;1-7-9(17)11(2,6-15)19-12(7,3)14-5-4-8(16)13-10(14)18;;;;;;/h5,9,16H,6H2,1-4H3,(H,14,17,18)(H2,19,20,21);4-5,9,16H,6H2,1-3H3,(H,13,15,17)(H2,18,19,20);4-5,9,15,17H,6H2,1-3H3,(H,13,16,18);;1H2;;;;/q3*-1;+1;;;;;-1/i;;;;;;;;1+2/hT. The predicted octanol–water partition coefficient (Wildman–Crippen LogP) is -5.40. The minimum atomic E-state index is -4.76. The smallest absolute Gasteiger partial charge is 1.00 e. The third-order valence-corrected chi connectivity index (χ3v) is 12.9. The van der Waals surface area contributed by atoms with Crippen molar-refractivity contribution in [3.63, 3.8) is 0 Å². The molecule has 3 saturated heterocycles. The Hall–Kier alpha value is 0.0313. The van der Waals surface area contributed by atoms with Gasteiger partial charge in [-0.25, -0.2) is 41.3 Å². The van der Waals surface area contributed by atoms with Crippen LogP contribution >= 0.6 is 29.0 Å². The minimum absolute atomic E-state index is 0. The summed E-state index contributed by atoms with van der Waals surface area (Å²) in [6.45, 7) is 13.6. The molecule has 0 saturated carbocycles. The van der Waals surface area contributed by atoms with Gasteiger partial charge in [0.05, 0.1) is 37.7 Å². The van der Waals surface area contributed by atoms with E-state index in [4.69, 9.17) is 34.9 Å². The Kier molecular flexibility index (Phi) is 26.6. The molecule has 400 valence electrons. The van der Waals surface area contributed by atoms with Gasteiger partial charge in [-0.15, -0.1) is 0 Å². The van der Waals surface area contributed by atoms with E-state index in [9.17, 15) is 58.3 Å². The molecule has 3 fully saturated rings. The summed E-state index contributed by atoms with van der Waals surface area (Å²) in [5.41, 5.74) is -11.7. The molecule has 3 aliphatic rings. The van der Waals surface area contributed by atoms with E-state index in [-0.39, 0.29) is 128 Å². The van der Waals surface area contributed by atoms with E-state index in [1.54, 1.807) is 27.7 Å². The summed E-state index contributed by atoms with van der Waals surface area (Å²) in [6, 6.07) is 2.32. The number of nitrogens with one attached hydrogen (secondary N) is 3. The fourth-order valence-corrected chi connectivity index (χ4v) is 8.62. The molecule has 3 aromatic rings. The van der Waals surface area contributed by atoms with Crippen molar-refractivity contribution >= 4 is 29.0 Å². The molecule has 34 heteroatoms. The second kappa shape index (κ2) is 26.6. The largest absolute Gasteiger partial charge is 1.00 e. The van der Waals surface area contributed by atoms with Crippen LogP contribution in [0.5, 0.6) is 0 Å². The number of phosphoric acid groups is 2. The van der Waals surface area contributed by atoms with Crippen LogP contribution in [0.4, 0.5) is 0 Å². The second-order valence-electron chi connectivity index (χ2n) is 17.0. The summed E-state index contributed by atoms with van der Waals surface area (Å²) in [7, 11) is -9.51. The number of phosphoric ester groups is 2. The van der Waals surface area contributed by atoms with Gasteiger partial charge in [-0.1, -0.05) is 0 Å². The van der Waals surface area contributed by atoms with Crippen molar-refractivity contribution in [2.24, 2.45) is 0 Å². The minimum Gasteiger partial charge on any atom is -1.00 e. The molecule has 11 N–H and O–H groups in total. The molecule has 0 amide bonds. The van der Waals surface area contributed by atoms with E-state index in [0.29, 0.717) is 17.8 Å². The quantitative estimate of drug-likeness (QED) is 0.0513. The van der Waals surface area contributed by atoms with Gasteiger partial charge < -0.3 is 55.6 Å². The summed E-state index contributed by atoms with van der Waals surface area (Å²) < 4.78 is 56.8. The molecule has 9 atom stereocenters. The molecule has 0 radical (unpaired) electrons. The van der Waals surface area contributed by atoms with Crippen LogP contribution in [-0.4, -0.2) is 125 Å². The number of aliphatic hydroxyl groups excluding tert-OH is 4. The van der Waals surface area contributed by atoms with E-state index in [2.05, 4.69) is 37.4 Å². The Balaban J connectivity index is -0.000000962. The topological polar surface area (TPSA) is 407 Å². The zero-order valence-corrected chi connectivity index (χ0v) is 54.6. The number of H-pyrrole nitrogens is 3. The first kappa shape index (κ1) is 71.0. The van der Waals surface area contributed by atoms with Crippen LogP contribution < -0.4 is 85.1 Å². The van der Waals surface area contributed by atoms with E-state index in [0.717, 1.165) is 15.2 Å². The van der Waals surface area contributed by atoms with Gasteiger partial charge in [-0.3, -0.25) is 52.1 Å². The molecule has 0 aromatic carbocycles. The summed E-state index contributed by atoms with van der Waals surface area (Å²) in [6.07, 6.45) is 0.299. The number of hydrogen-bond acceptors (Lipinski definition) is 17. The molecule has 3 aliphatic heterocycles. The number of aliphatic hydroxyl groups is 4. The van der Waals surface area contributed by atoms with E-state index in [1.165, 1.54) is 70.8 Å². The molecule has 0 spiro atoms. The zero-order chi connectivity index (χ0) is 52.6. The molecule has 6 rings (SSSR count). The molecular formula is C37H58KN6O21P2SW3-3. The first-order valence-electron chi connectivity index (χ1n) is 20.0. The van der Waals surface area contributed by atoms with Crippen LogP contribution in [0.2, 0.25) is 0 Å². The maximum absolute atomic E-state index is 12.1. The van der Waals surface area contributed by atoms with Crippen molar-refractivity contribution in [2.45, 2.75) is 122 Å². The van der Waals surface area contributed by atoms with Gasteiger partial charge in [0.15, 0.2) is 0 Å². The van der Waals surface area contributed by atoms with Gasteiger partial charge in [-0.05, 0) is 66.8 Å².